The number of fused-ring (bicyclic) bond motifs is 2. The van der Waals surface area contributed by atoms with E-state index in [0.29, 0.717) is 53.2 Å². The van der Waals surface area contributed by atoms with Crippen molar-refractivity contribution in [3.8, 4) is 17.2 Å². The highest BCUT2D eigenvalue weighted by Gasteiger charge is 2.42. The molecule has 4 heterocycles. The van der Waals surface area contributed by atoms with Gasteiger partial charge in [0, 0.05) is 18.2 Å². The number of carbonyl (C=O) groups is 1. The standard InChI is InChI=1S/C28H23F2N7O2/c29-17-9-8-16-15-35(28(39)19(16)12-17)22-6-3-7-23(26(22)38)36-24-13-25(37-32-10-11-33-37)31-14-21(24)34-27(36)18-4-1-2-5-20(18)30/h1-2,4-5,8-14,22-23,26,38H,3,6-7,15H2/t22-,23+,26+/m0/s1. The van der Waals surface area contributed by atoms with Gasteiger partial charge in [0.25, 0.3) is 5.91 Å². The van der Waals surface area contributed by atoms with Crippen LogP contribution in [0, 0.1) is 11.6 Å². The molecule has 2 aliphatic rings. The summed E-state index contributed by atoms with van der Waals surface area (Å²) in [4.78, 5) is 25.4. The van der Waals surface area contributed by atoms with Crippen molar-refractivity contribution in [2.24, 2.45) is 0 Å². The Labute approximate surface area is 221 Å². The molecule has 7 rings (SSSR count). The molecule has 0 radical (unpaired) electrons. The van der Waals surface area contributed by atoms with E-state index in [1.54, 1.807) is 53.8 Å². The van der Waals surface area contributed by atoms with E-state index in [-0.39, 0.29) is 5.91 Å². The summed E-state index contributed by atoms with van der Waals surface area (Å²) in [6, 6.07) is 11.3. The number of carbonyl (C=O) groups excluding carboxylic acids is 1. The van der Waals surface area contributed by atoms with Crippen molar-refractivity contribution in [2.45, 2.75) is 44.0 Å². The maximum Gasteiger partial charge on any atom is 0.254 e. The fourth-order valence-electron chi connectivity index (χ4n) is 5.92. The van der Waals surface area contributed by atoms with Crippen LogP contribution in [0.15, 0.2) is 67.1 Å². The minimum atomic E-state index is -0.982. The van der Waals surface area contributed by atoms with Gasteiger partial charge in [0.05, 0.1) is 47.9 Å². The van der Waals surface area contributed by atoms with Crippen molar-refractivity contribution in [3.05, 3.63) is 89.9 Å². The van der Waals surface area contributed by atoms with E-state index in [9.17, 15) is 14.3 Å². The van der Waals surface area contributed by atoms with Crippen LogP contribution < -0.4 is 0 Å². The number of aliphatic hydroxyl groups excluding tert-OH is 1. The third-order valence-corrected chi connectivity index (χ3v) is 7.72. The summed E-state index contributed by atoms with van der Waals surface area (Å²) in [7, 11) is 0. The van der Waals surface area contributed by atoms with E-state index in [2.05, 4.69) is 15.2 Å². The van der Waals surface area contributed by atoms with Crippen molar-refractivity contribution in [1.82, 2.24) is 34.4 Å². The lowest BCUT2D eigenvalue weighted by atomic mass is 9.86. The molecule has 0 saturated heterocycles. The number of benzene rings is 2. The van der Waals surface area contributed by atoms with Crippen molar-refractivity contribution < 1.29 is 18.7 Å². The molecule has 9 nitrogen and oxygen atoms in total. The lowest BCUT2D eigenvalue weighted by molar-refractivity contribution is -0.00652. The first-order chi connectivity index (χ1) is 19.0. The Hall–Kier alpha value is -4.51. The van der Waals surface area contributed by atoms with E-state index in [1.165, 1.54) is 23.0 Å². The van der Waals surface area contributed by atoms with E-state index in [4.69, 9.17) is 4.98 Å². The molecule has 3 aromatic heterocycles. The van der Waals surface area contributed by atoms with Crippen molar-refractivity contribution >= 4 is 16.9 Å². The highest BCUT2D eigenvalue weighted by Crippen LogP contribution is 2.40. The summed E-state index contributed by atoms with van der Waals surface area (Å²) in [5.41, 5.74) is 2.52. The van der Waals surface area contributed by atoms with Crippen LogP contribution in [0.25, 0.3) is 28.2 Å². The molecule has 5 aromatic rings. The van der Waals surface area contributed by atoms with Crippen molar-refractivity contribution in [1.29, 1.82) is 0 Å². The highest BCUT2D eigenvalue weighted by molar-refractivity contribution is 5.98. The molecule has 0 unspecified atom stereocenters. The van der Waals surface area contributed by atoms with Crippen LogP contribution in [0.2, 0.25) is 0 Å². The molecule has 1 N–H and O–H groups in total. The summed E-state index contributed by atoms with van der Waals surface area (Å²) in [6.07, 6.45) is 5.58. The molecule has 0 bridgehead atoms. The Morgan fingerprint density at radius 2 is 1.74 bits per heavy atom. The lowest BCUT2D eigenvalue weighted by Gasteiger charge is -2.41. The number of hydrogen-bond acceptors (Lipinski definition) is 6. The molecule has 2 aromatic carbocycles. The molecule has 1 aliphatic carbocycles. The summed E-state index contributed by atoms with van der Waals surface area (Å²) in [5.74, 6) is -0.400. The average molecular weight is 528 g/mol. The van der Waals surface area contributed by atoms with Crippen molar-refractivity contribution in [3.63, 3.8) is 0 Å². The quantitative estimate of drug-likeness (QED) is 0.378. The Bertz CT molecular complexity index is 1720. The van der Waals surface area contributed by atoms with Crippen LogP contribution in [0.4, 0.5) is 8.78 Å². The second-order valence-corrected chi connectivity index (χ2v) is 9.93. The second kappa shape index (κ2) is 9.05. The molecule has 1 fully saturated rings. The zero-order chi connectivity index (χ0) is 26.7. The van der Waals surface area contributed by atoms with Gasteiger partial charge in [-0.05, 0) is 49.1 Å². The SMILES string of the molecule is O=C1c2cc(F)ccc2CN1[C@H]1CCC[C@@H](n2c(-c3ccccc3F)nc3cnc(-n4nccn4)cc32)[C@@H]1O. The third-order valence-electron chi connectivity index (χ3n) is 7.72. The fourth-order valence-corrected chi connectivity index (χ4v) is 5.92. The molecule has 196 valence electrons. The summed E-state index contributed by atoms with van der Waals surface area (Å²) >= 11 is 0. The molecular weight excluding hydrogens is 504 g/mol. The van der Waals surface area contributed by atoms with Crippen LogP contribution in [-0.4, -0.2) is 57.6 Å². The van der Waals surface area contributed by atoms with Gasteiger partial charge in [0.15, 0.2) is 5.82 Å². The van der Waals surface area contributed by atoms with E-state index in [0.717, 1.165) is 12.0 Å². The van der Waals surface area contributed by atoms with Crippen LogP contribution in [0.5, 0.6) is 0 Å². The normalized spacial score (nSPS) is 21.1. The lowest BCUT2D eigenvalue weighted by Crippen LogP contribution is -2.49. The number of imidazole rings is 1. The average Bonchev–Trinajstić information content (AvgIpc) is 3.67. The number of aliphatic hydroxyl groups is 1. The molecule has 1 saturated carbocycles. The zero-order valence-corrected chi connectivity index (χ0v) is 20.7. The topological polar surface area (TPSA) is 102 Å². The monoisotopic (exact) mass is 527 g/mol. The molecule has 39 heavy (non-hydrogen) atoms. The minimum absolute atomic E-state index is 0.293. The Balaban J connectivity index is 1.34. The van der Waals surface area contributed by atoms with Gasteiger partial charge >= 0.3 is 0 Å². The van der Waals surface area contributed by atoms with Crippen LogP contribution in [0.3, 0.4) is 0 Å². The molecule has 1 aliphatic heterocycles. The number of hydrogen-bond donors (Lipinski definition) is 1. The summed E-state index contributed by atoms with van der Waals surface area (Å²) in [6.45, 7) is 0.298. The van der Waals surface area contributed by atoms with Crippen LogP contribution in [0.1, 0.15) is 41.2 Å². The molecule has 3 atom stereocenters. The predicted molar refractivity (Wildman–Crippen MR) is 137 cm³/mol. The van der Waals surface area contributed by atoms with Gasteiger partial charge < -0.3 is 14.6 Å². The smallest absolute Gasteiger partial charge is 0.254 e. The van der Waals surface area contributed by atoms with Gasteiger partial charge in [-0.25, -0.2) is 18.7 Å². The predicted octanol–water partition coefficient (Wildman–Crippen LogP) is 4.07. The Morgan fingerprint density at radius 1 is 0.949 bits per heavy atom. The van der Waals surface area contributed by atoms with Gasteiger partial charge in [-0.3, -0.25) is 4.79 Å². The number of amides is 1. The zero-order valence-electron chi connectivity index (χ0n) is 20.7. The van der Waals surface area contributed by atoms with Gasteiger partial charge in [-0.1, -0.05) is 18.2 Å². The third kappa shape index (κ3) is 3.80. The summed E-state index contributed by atoms with van der Waals surface area (Å²) in [5, 5.41) is 20.1. The fraction of sp³-hybridized carbons (Fsp3) is 0.250. The van der Waals surface area contributed by atoms with Crippen LogP contribution >= 0.6 is 0 Å². The Morgan fingerprint density at radius 3 is 2.56 bits per heavy atom. The van der Waals surface area contributed by atoms with Gasteiger partial charge in [0.2, 0.25) is 0 Å². The first-order valence-electron chi connectivity index (χ1n) is 12.8. The number of nitrogens with zero attached hydrogens (tertiary/aromatic N) is 7. The van der Waals surface area contributed by atoms with E-state index < -0.39 is 29.8 Å². The van der Waals surface area contributed by atoms with Crippen molar-refractivity contribution in [2.75, 3.05) is 0 Å². The number of rotatable bonds is 4. The minimum Gasteiger partial charge on any atom is -0.389 e. The maximum absolute atomic E-state index is 15.1. The highest BCUT2D eigenvalue weighted by atomic mass is 19.1. The first-order valence-corrected chi connectivity index (χ1v) is 12.8. The molecule has 0 spiro atoms. The molecule has 11 heteroatoms. The summed E-state index contributed by atoms with van der Waals surface area (Å²) < 4.78 is 30.8. The Kier molecular flexibility index (Phi) is 5.48. The van der Waals surface area contributed by atoms with E-state index >= 15 is 4.39 Å². The van der Waals surface area contributed by atoms with Gasteiger partial charge in [-0.15, -0.1) is 4.80 Å². The molecule has 1 amide bonds. The number of pyridine rings is 1. The number of aromatic nitrogens is 6. The largest absolute Gasteiger partial charge is 0.389 e. The van der Waals surface area contributed by atoms with Gasteiger partial charge in [0.1, 0.15) is 23.0 Å². The first kappa shape index (κ1) is 23.6. The van der Waals surface area contributed by atoms with E-state index in [1.807, 2.05) is 4.57 Å². The maximum atomic E-state index is 15.1. The molecular formula is C28H23F2N7O2. The second-order valence-electron chi connectivity index (χ2n) is 9.93. The van der Waals surface area contributed by atoms with Crippen LogP contribution in [-0.2, 0) is 6.54 Å². The van der Waals surface area contributed by atoms with Gasteiger partial charge in [-0.2, -0.15) is 10.2 Å². The number of halogens is 2.